The summed E-state index contributed by atoms with van der Waals surface area (Å²) in [5, 5.41) is 2.75. The first-order valence-electron chi connectivity index (χ1n) is 11.7. The first kappa shape index (κ1) is 26.1. The Kier molecular flexibility index (Phi) is 13.0. The highest BCUT2D eigenvalue weighted by molar-refractivity contribution is 5.73. The molecule has 3 rings (SSSR count). The number of benzene rings is 2. The molecule has 1 aliphatic carbocycles. The van der Waals surface area contributed by atoms with E-state index in [0.29, 0.717) is 12.3 Å². The van der Waals surface area contributed by atoms with E-state index in [4.69, 9.17) is 0 Å². The summed E-state index contributed by atoms with van der Waals surface area (Å²) >= 11 is 0. The fourth-order valence-electron chi connectivity index (χ4n) is 3.96. The lowest BCUT2D eigenvalue weighted by atomic mass is 9.88. The molecule has 0 bridgehead atoms. The van der Waals surface area contributed by atoms with E-state index in [-0.39, 0.29) is 0 Å². The minimum Gasteiger partial charge on any atom is -0.323 e. The van der Waals surface area contributed by atoms with E-state index >= 15 is 0 Å². The molecule has 0 unspecified atom stereocenters. The Morgan fingerprint density at radius 2 is 1.67 bits per heavy atom. The molecule has 0 radical (unpaired) electrons. The Hall–Kier alpha value is -1.93. The lowest BCUT2D eigenvalue weighted by Crippen LogP contribution is -1.98. The Morgan fingerprint density at radius 1 is 1.03 bits per heavy atom. The molecule has 30 heavy (non-hydrogen) atoms. The summed E-state index contributed by atoms with van der Waals surface area (Å²) in [5.74, 6) is 1.54. The summed E-state index contributed by atoms with van der Waals surface area (Å²) in [7, 11) is 3.75. The van der Waals surface area contributed by atoms with Crippen molar-refractivity contribution in [3.05, 3.63) is 59.2 Å². The van der Waals surface area contributed by atoms with Crippen LogP contribution in [0.3, 0.4) is 0 Å². The highest BCUT2D eigenvalue weighted by Crippen LogP contribution is 2.33. The monoisotopic (exact) mass is 409 g/mol. The van der Waals surface area contributed by atoms with Crippen molar-refractivity contribution in [2.75, 3.05) is 14.1 Å². The van der Waals surface area contributed by atoms with Gasteiger partial charge in [-0.25, -0.2) is 0 Å². The second kappa shape index (κ2) is 15.0. The van der Waals surface area contributed by atoms with Crippen LogP contribution in [0, 0.1) is 5.92 Å². The van der Waals surface area contributed by atoms with Crippen molar-refractivity contribution < 1.29 is 4.79 Å². The second-order valence-electron chi connectivity index (χ2n) is 8.74. The van der Waals surface area contributed by atoms with Gasteiger partial charge in [-0.05, 0) is 60.2 Å². The van der Waals surface area contributed by atoms with Crippen LogP contribution >= 0.6 is 0 Å². The van der Waals surface area contributed by atoms with Crippen LogP contribution in [0.1, 0.15) is 82.4 Å². The summed E-state index contributed by atoms with van der Waals surface area (Å²) in [5.41, 5.74) is 6.45. The van der Waals surface area contributed by atoms with Crippen LogP contribution in [0.25, 0.3) is 11.1 Å². The molecule has 2 aromatic carbocycles. The quantitative estimate of drug-likeness (QED) is 0.511. The fraction of sp³-hybridized carbons (Fsp3) is 0.536. The Balaban J connectivity index is 0.000000415. The van der Waals surface area contributed by atoms with Gasteiger partial charge >= 0.3 is 0 Å². The number of rotatable bonds is 6. The molecule has 166 valence electrons. The van der Waals surface area contributed by atoms with E-state index in [2.05, 4.69) is 75.5 Å². The van der Waals surface area contributed by atoms with Gasteiger partial charge in [0, 0.05) is 6.42 Å². The molecule has 0 atom stereocenters. The average molecular weight is 410 g/mol. The molecule has 1 saturated carbocycles. The lowest BCUT2D eigenvalue weighted by molar-refractivity contribution is -0.107. The highest BCUT2D eigenvalue weighted by Gasteiger charge is 2.12. The van der Waals surface area contributed by atoms with Gasteiger partial charge in [0.1, 0.15) is 6.29 Å². The number of carbonyl (C=O) groups is 1. The predicted octanol–water partition coefficient (Wildman–Crippen LogP) is 7.20. The number of hydrogen-bond donors (Lipinski definition) is 1. The molecular weight excluding hydrogens is 366 g/mol. The molecule has 0 heterocycles. The van der Waals surface area contributed by atoms with Crippen molar-refractivity contribution in [1.29, 1.82) is 0 Å². The van der Waals surface area contributed by atoms with Crippen LogP contribution in [0.4, 0.5) is 0 Å². The van der Waals surface area contributed by atoms with Crippen LogP contribution in [-0.4, -0.2) is 20.4 Å². The van der Waals surface area contributed by atoms with Crippen LogP contribution in [0.2, 0.25) is 0 Å². The van der Waals surface area contributed by atoms with Gasteiger partial charge in [-0.15, -0.1) is 0 Å². The van der Waals surface area contributed by atoms with Gasteiger partial charge in [0.15, 0.2) is 0 Å². The summed E-state index contributed by atoms with van der Waals surface area (Å²) < 4.78 is 0. The predicted molar refractivity (Wildman–Crippen MR) is 132 cm³/mol. The van der Waals surface area contributed by atoms with Crippen LogP contribution in [0.15, 0.2) is 42.5 Å². The molecule has 2 aromatic rings. The Bertz CT molecular complexity index is 729. The smallest absolute Gasteiger partial charge is 0.124 e. The van der Waals surface area contributed by atoms with Gasteiger partial charge in [0.25, 0.3) is 0 Å². The maximum absolute atomic E-state index is 10.8. The third-order valence-corrected chi connectivity index (χ3v) is 5.53. The zero-order chi connectivity index (χ0) is 22.4. The lowest BCUT2D eigenvalue weighted by Gasteiger charge is -2.17. The largest absolute Gasteiger partial charge is 0.323 e. The highest BCUT2D eigenvalue weighted by atomic mass is 16.1. The summed E-state index contributed by atoms with van der Waals surface area (Å²) in [6, 6.07) is 15.1. The number of nitrogens with one attached hydrogen (secondary N) is 1. The number of carbonyl (C=O) groups excluding carboxylic acids is 1. The standard InChI is InChI=1S/C20H24O.C6H12.C2H7N/c1-4-7-17-11-10-16(12-13-21)14-20(17)19-9-6-5-8-18(19)15(2)3;1-6-4-2-3-5-6;1-3-2/h5-6,8-11,13-15H,4,7,12H2,1-3H3;6H,2-5H2,1H3;3H,1-2H3. The fourth-order valence-corrected chi connectivity index (χ4v) is 3.96. The van der Waals surface area contributed by atoms with Gasteiger partial charge in [0.05, 0.1) is 0 Å². The number of aryl methyl sites for hydroxylation is 1. The van der Waals surface area contributed by atoms with Crippen molar-refractivity contribution in [3.63, 3.8) is 0 Å². The van der Waals surface area contributed by atoms with Gasteiger partial charge in [0.2, 0.25) is 0 Å². The van der Waals surface area contributed by atoms with E-state index in [1.54, 1.807) is 0 Å². The molecule has 0 saturated heterocycles. The van der Waals surface area contributed by atoms with Crippen molar-refractivity contribution in [2.24, 2.45) is 5.92 Å². The van der Waals surface area contributed by atoms with Gasteiger partial charge in [-0.2, -0.15) is 0 Å². The normalized spacial score (nSPS) is 13.3. The van der Waals surface area contributed by atoms with Crippen molar-refractivity contribution in [3.8, 4) is 11.1 Å². The molecule has 1 aliphatic rings. The second-order valence-corrected chi connectivity index (χ2v) is 8.74. The number of aldehydes is 1. The maximum Gasteiger partial charge on any atom is 0.124 e. The van der Waals surface area contributed by atoms with Crippen LogP contribution in [-0.2, 0) is 17.6 Å². The SMILES string of the molecule is CC1CCCC1.CCCc1ccc(CC=O)cc1-c1ccccc1C(C)C.CNC. The minimum atomic E-state index is 0.489. The van der Waals surface area contributed by atoms with Gasteiger partial charge < -0.3 is 10.1 Å². The maximum atomic E-state index is 10.8. The molecule has 2 heteroatoms. The molecule has 1 N–H and O–H groups in total. The third-order valence-electron chi connectivity index (χ3n) is 5.53. The molecule has 1 fully saturated rings. The van der Waals surface area contributed by atoms with E-state index in [1.807, 2.05) is 14.1 Å². The zero-order valence-electron chi connectivity index (χ0n) is 20.1. The first-order valence-corrected chi connectivity index (χ1v) is 11.7. The third kappa shape index (κ3) is 8.83. The van der Waals surface area contributed by atoms with Crippen LogP contribution in [0.5, 0.6) is 0 Å². The van der Waals surface area contributed by atoms with Crippen LogP contribution < -0.4 is 5.32 Å². The van der Waals surface area contributed by atoms with Gasteiger partial charge in [-0.3, -0.25) is 0 Å². The topological polar surface area (TPSA) is 29.1 Å². The van der Waals surface area contributed by atoms with Crippen molar-refractivity contribution in [1.82, 2.24) is 5.32 Å². The zero-order valence-corrected chi connectivity index (χ0v) is 20.1. The Morgan fingerprint density at radius 3 is 2.17 bits per heavy atom. The number of hydrogen-bond acceptors (Lipinski definition) is 2. The van der Waals surface area contributed by atoms with E-state index in [1.165, 1.54) is 47.9 Å². The van der Waals surface area contributed by atoms with Gasteiger partial charge in [-0.1, -0.05) is 102 Å². The molecule has 0 amide bonds. The molecule has 0 spiro atoms. The first-order chi connectivity index (χ1) is 14.5. The Labute approximate surface area is 185 Å². The van der Waals surface area contributed by atoms with Crippen molar-refractivity contribution >= 4 is 6.29 Å². The average Bonchev–Trinajstić information content (AvgIpc) is 3.21. The van der Waals surface area contributed by atoms with E-state index in [0.717, 1.165) is 30.6 Å². The summed E-state index contributed by atoms with van der Waals surface area (Å²) in [6.07, 6.45) is 9.62. The van der Waals surface area contributed by atoms with E-state index in [9.17, 15) is 4.79 Å². The minimum absolute atomic E-state index is 0.489. The van der Waals surface area contributed by atoms with E-state index < -0.39 is 0 Å². The summed E-state index contributed by atoms with van der Waals surface area (Å²) in [4.78, 5) is 10.8. The molecular formula is C28H43NO. The van der Waals surface area contributed by atoms with Crippen molar-refractivity contribution in [2.45, 2.75) is 78.6 Å². The molecule has 2 nitrogen and oxygen atoms in total. The molecule has 0 aliphatic heterocycles. The summed E-state index contributed by atoms with van der Waals surface area (Å²) in [6.45, 7) is 9.01. The molecule has 0 aromatic heterocycles.